The van der Waals surface area contributed by atoms with E-state index >= 15 is 0 Å². The van der Waals surface area contributed by atoms with Crippen molar-refractivity contribution in [3.05, 3.63) is 28.3 Å². The standard InChI is InChI=1S/C8H8ClN3O3/c9-4-8(10)11-6-2-1-5(13)3-7(6)12(14)15/h1-3,13H,4H2,(H2,10,11). The fourth-order valence-corrected chi connectivity index (χ4v) is 0.997. The van der Waals surface area contributed by atoms with Crippen LogP contribution in [0.2, 0.25) is 0 Å². The van der Waals surface area contributed by atoms with Gasteiger partial charge in [0.1, 0.15) is 17.3 Å². The van der Waals surface area contributed by atoms with Crippen molar-refractivity contribution in [3.8, 4) is 5.75 Å². The predicted octanol–water partition coefficient (Wildman–Crippen LogP) is 1.53. The van der Waals surface area contributed by atoms with Gasteiger partial charge in [-0.05, 0) is 12.1 Å². The number of aromatic hydroxyl groups is 1. The molecule has 15 heavy (non-hydrogen) atoms. The number of hydrogen-bond donors (Lipinski definition) is 2. The van der Waals surface area contributed by atoms with Crippen molar-refractivity contribution in [3.63, 3.8) is 0 Å². The van der Waals surface area contributed by atoms with Crippen LogP contribution in [0, 0.1) is 10.1 Å². The highest BCUT2D eigenvalue weighted by atomic mass is 35.5. The number of nitrogens with two attached hydrogens (primary N) is 1. The Kier molecular flexibility index (Phi) is 3.46. The molecular formula is C8H8ClN3O3. The molecule has 0 aliphatic carbocycles. The molecule has 0 radical (unpaired) electrons. The highest BCUT2D eigenvalue weighted by Gasteiger charge is 2.14. The van der Waals surface area contributed by atoms with Gasteiger partial charge in [0.05, 0.1) is 16.9 Å². The maximum Gasteiger partial charge on any atom is 0.298 e. The summed E-state index contributed by atoms with van der Waals surface area (Å²) in [6.07, 6.45) is 0. The molecule has 1 aromatic carbocycles. The van der Waals surface area contributed by atoms with Crippen LogP contribution in [0.4, 0.5) is 11.4 Å². The monoisotopic (exact) mass is 229 g/mol. The molecule has 0 bridgehead atoms. The average Bonchev–Trinajstić information content (AvgIpc) is 2.20. The highest BCUT2D eigenvalue weighted by Crippen LogP contribution is 2.30. The van der Waals surface area contributed by atoms with E-state index in [4.69, 9.17) is 22.4 Å². The summed E-state index contributed by atoms with van der Waals surface area (Å²) >= 11 is 5.39. The summed E-state index contributed by atoms with van der Waals surface area (Å²) in [5.41, 5.74) is 5.09. The Morgan fingerprint density at radius 2 is 2.33 bits per heavy atom. The zero-order valence-electron chi connectivity index (χ0n) is 7.55. The number of nitro benzene ring substituents is 1. The summed E-state index contributed by atoms with van der Waals surface area (Å²) in [5.74, 6) is -0.145. The molecule has 80 valence electrons. The third-order valence-corrected chi connectivity index (χ3v) is 1.83. The zero-order valence-corrected chi connectivity index (χ0v) is 8.31. The van der Waals surface area contributed by atoms with Gasteiger partial charge in [-0.15, -0.1) is 11.6 Å². The minimum absolute atomic E-state index is 0.0158. The molecule has 0 heterocycles. The molecule has 6 nitrogen and oxygen atoms in total. The predicted molar refractivity (Wildman–Crippen MR) is 56.8 cm³/mol. The van der Waals surface area contributed by atoms with Gasteiger partial charge in [-0.3, -0.25) is 10.1 Å². The average molecular weight is 230 g/mol. The quantitative estimate of drug-likeness (QED) is 0.270. The van der Waals surface area contributed by atoms with E-state index in [9.17, 15) is 10.1 Å². The summed E-state index contributed by atoms with van der Waals surface area (Å²) in [7, 11) is 0. The third kappa shape index (κ3) is 2.81. The molecule has 0 fully saturated rings. The number of phenols is 1. The molecule has 0 spiro atoms. The molecule has 0 unspecified atom stereocenters. The molecular weight excluding hydrogens is 222 g/mol. The van der Waals surface area contributed by atoms with Gasteiger partial charge in [0.2, 0.25) is 0 Å². The fourth-order valence-electron chi connectivity index (χ4n) is 0.937. The van der Waals surface area contributed by atoms with Crippen LogP contribution in [0.1, 0.15) is 0 Å². The van der Waals surface area contributed by atoms with E-state index in [1.165, 1.54) is 12.1 Å². The number of halogens is 1. The molecule has 1 rings (SSSR count). The van der Waals surface area contributed by atoms with Crippen LogP contribution in [0.3, 0.4) is 0 Å². The number of nitrogens with zero attached hydrogens (tertiary/aromatic N) is 2. The van der Waals surface area contributed by atoms with E-state index in [1.807, 2.05) is 0 Å². The molecule has 7 heteroatoms. The highest BCUT2D eigenvalue weighted by molar-refractivity contribution is 6.28. The van der Waals surface area contributed by atoms with Crippen molar-refractivity contribution in [2.45, 2.75) is 0 Å². The first kappa shape index (κ1) is 11.3. The Balaban J connectivity index is 3.23. The maximum absolute atomic E-state index is 10.6. The molecule has 0 saturated heterocycles. The Bertz CT molecular complexity index is 420. The van der Waals surface area contributed by atoms with Crippen LogP contribution in [-0.2, 0) is 0 Å². The van der Waals surface area contributed by atoms with Crippen LogP contribution in [0.15, 0.2) is 23.2 Å². The smallest absolute Gasteiger partial charge is 0.298 e. The zero-order chi connectivity index (χ0) is 11.4. The molecule has 0 saturated carbocycles. The molecule has 0 aliphatic heterocycles. The Morgan fingerprint density at radius 1 is 1.67 bits per heavy atom. The van der Waals surface area contributed by atoms with Crippen LogP contribution >= 0.6 is 11.6 Å². The summed E-state index contributed by atoms with van der Waals surface area (Å²) in [6, 6.07) is 3.58. The number of benzene rings is 1. The van der Waals surface area contributed by atoms with Crippen molar-refractivity contribution < 1.29 is 10.0 Å². The van der Waals surface area contributed by atoms with Crippen LogP contribution in [0.5, 0.6) is 5.75 Å². The molecule has 3 N–H and O–H groups in total. The maximum atomic E-state index is 10.6. The van der Waals surface area contributed by atoms with Gasteiger partial charge in [0, 0.05) is 0 Å². The summed E-state index contributed by atoms with van der Waals surface area (Å²) in [5, 5.41) is 19.7. The topological polar surface area (TPSA) is 102 Å². The van der Waals surface area contributed by atoms with Gasteiger partial charge in [-0.1, -0.05) is 0 Å². The van der Waals surface area contributed by atoms with Gasteiger partial charge in [0.15, 0.2) is 0 Å². The molecule has 0 aromatic heterocycles. The Morgan fingerprint density at radius 3 is 2.87 bits per heavy atom. The van der Waals surface area contributed by atoms with E-state index in [0.29, 0.717) is 0 Å². The Hall–Kier alpha value is -1.82. The van der Waals surface area contributed by atoms with E-state index in [2.05, 4.69) is 4.99 Å². The van der Waals surface area contributed by atoms with Gasteiger partial charge in [-0.25, -0.2) is 4.99 Å². The number of hydrogen-bond acceptors (Lipinski definition) is 4. The van der Waals surface area contributed by atoms with Crippen molar-refractivity contribution in [2.24, 2.45) is 10.7 Å². The fraction of sp³-hybridized carbons (Fsp3) is 0.125. The second-order valence-electron chi connectivity index (χ2n) is 2.67. The van der Waals surface area contributed by atoms with Gasteiger partial charge < -0.3 is 10.8 Å². The number of nitro groups is 1. The SMILES string of the molecule is NC(CCl)=Nc1ccc(O)cc1[N+](=O)[O-]. The van der Waals surface area contributed by atoms with Crippen molar-refractivity contribution >= 4 is 28.8 Å². The second kappa shape index (κ2) is 4.61. The van der Waals surface area contributed by atoms with Crippen LogP contribution < -0.4 is 5.73 Å². The lowest BCUT2D eigenvalue weighted by atomic mass is 10.2. The summed E-state index contributed by atoms with van der Waals surface area (Å²) < 4.78 is 0. The van der Waals surface area contributed by atoms with Gasteiger partial charge in [0.25, 0.3) is 5.69 Å². The third-order valence-electron chi connectivity index (χ3n) is 1.56. The Labute approximate surface area is 90.1 Å². The number of phenolic OH excluding ortho intramolecular Hbond substituents is 1. The second-order valence-corrected chi connectivity index (χ2v) is 2.93. The van der Waals surface area contributed by atoms with Gasteiger partial charge >= 0.3 is 0 Å². The number of aliphatic imine (C=N–C) groups is 1. The molecule has 0 aliphatic rings. The lowest BCUT2D eigenvalue weighted by Crippen LogP contribution is -2.12. The lowest BCUT2D eigenvalue weighted by Gasteiger charge is -1.99. The number of rotatable bonds is 3. The van der Waals surface area contributed by atoms with Crippen molar-refractivity contribution in [1.29, 1.82) is 0 Å². The van der Waals surface area contributed by atoms with Gasteiger partial charge in [-0.2, -0.15) is 0 Å². The van der Waals surface area contributed by atoms with Crippen LogP contribution in [-0.4, -0.2) is 21.7 Å². The van der Waals surface area contributed by atoms with Crippen molar-refractivity contribution in [2.75, 3.05) is 5.88 Å². The van der Waals surface area contributed by atoms with E-state index < -0.39 is 4.92 Å². The summed E-state index contributed by atoms with van der Waals surface area (Å²) in [6.45, 7) is 0. The molecule has 0 atom stereocenters. The van der Waals surface area contributed by atoms with Crippen molar-refractivity contribution in [1.82, 2.24) is 0 Å². The lowest BCUT2D eigenvalue weighted by molar-refractivity contribution is -0.384. The number of amidine groups is 1. The minimum atomic E-state index is -0.653. The normalized spacial score (nSPS) is 11.4. The number of alkyl halides is 1. The first-order valence-corrected chi connectivity index (χ1v) is 4.44. The summed E-state index contributed by atoms with van der Waals surface area (Å²) in [4.78, 5) is 13.7. The van der Waals surface area contributed by atoms with E-state index in [0.717, 1.165) is 6.07 Å². The minimum Gasteiger partial charge on any atom is -0.508 e. The molecule has 1 aromatic rings. The first-order valence-electron chi connectivity index (χ1n) is 3.91. The molecule has 0 amide bonds. The van der Waals surface area contributed by atoms with E-state index in [1.54, 1.807) is 0 Å². The van der Waals surface area contributed by atoms with E-state index in [-0.39, 0.29) is 28.8 Å². The first-order chi connectivity index (χ1) is 7.04. The van der Waals surface area contributed by atoms with Crippen LogP contribution in [0.25, 0.3) is 0 Å². The largest absolute Gasteiger partial charge is 0.508 e.